The third kappa shape index (κ3) is 11.3. The van der Waals surface area contributed by atoms with E-state index in [9.17, 15) is 24.3 Å². The average molecular weight is 678 g/mol. The van der Waals surface area contributed by atoms with Gasteiger partial charge in [0.15, 0.2) is 0 Å². The maximum Gasteiger partial charge on any atom is 0.255 e. The second-order valence-electron chi connectivity index (χ2n) is 13.9. The number of benzene rings is 1. The summed E-state index contributed by atoms with van der Waals surface area (Å²) in [5.74, 6) is -1.07. The molecule has 2 aliphatic rings. The van der Waals surface area contributed by atoms with Gasteiger partial charge in [0.05, 0.1) is 18.3 Å². The van der Waals surface area contributed by atoms with E-state index in [-0.39, 0.29) is 31.2 Å². The zero-order chi connectivity index (χ0) is 35.2. The highest BCUT2D eigenvalue weighted by molar-refractivity contribution is 6.00. The molecule has 3 heterocycles. The van der Waals surface area contributed by atoms with E-state index in [2.05, 4.69) is 15.6 Å². The minimum Gasteiger partial charge on any atom is -0.493 e. The Kier molecular flexibility index (Phi) is 14.9. The van der Waals surface area contributed by atoms with Crippen LogP contribution < -0.4 is 15.4 Å². The molecule has 11 nitrogen and oxygen atoms in total. The number of ether oxygens (including phenoxy) is 1. The summed E-state index contributed by atoms with van der Waals surface area (Å²) < 4.78 is 6.04. The summed E-state index contributed by atoms with van der Waals surface area (Å²) >= 11 is 0. The summed E-state index contributed by atoms with van der Waals surface area (Å²) in [5.41, 5.74) is 1.14. The first-order valence-corrected chi connectivity index (χ1v) is 18.1. The smallest absolute Gasteiger partial charge is 0.255 e. The summed E-state index contributed by atoms with van der Waals surface area (Å²) in [7, 11) is 1.58. The molecule has 4 rings (SSSR count). The minimum absolute atomic E-state index is 0.0369. The van der Waals surface area contributed by atoms with Crippen molar-refractivity contribution in [1.29, 1.82) is 0 Å². The van der Waals surface area contributed by atoms with Crippen LogP contribution in [0.5, 0.6) is 5.75 Å². The summed E-state index contributed by atoms with van der Waals surface area (Å²) in [6.07, 6.45) is 12.5. The standard InChI is InChI=1S/C38H55N5O6/c1-27(2)22-31-37(47)43-26-29(44)24-33(43)38(48)42(3)32(23-28-16-15-19-39-25-28)36(46)40-20-13-9-7-5-4-6-8-10-14-21-49-34-18-12-11-17-30(34)35(45)41-31/h11-12,15-19,25,27,29,31-33,44H,4-10,13-14,20-24,26H2,1-3H3,(H,40,46)(H,41,45)/t29-,31+,32-,33+/m0/s1. The van der Waals surface area contributed by atoms with Gasteiger partial charge in [-0.05, 0) is 48.9 Å². The molecule has 0 spiro atoms. The number of amides is 4. The number of aromatic nitrogens is 1. The molecule has 1 saturated heterocycles. The number of fused-ring (bicyclic) bond motifs is 2. The van der Waals surface area contributed by atoms with Crippen molar-refractivity contribution in [1.82, 2.24) is 25.4 Å². The van der Waals surface area contributed by atoms with Crippen molar-refractivity contribution in [3.63, 3.8) is 0 Å². The fourth-order valence-electron chi connectivity index (χ4n) is 6.71. The fourth-order valence-corrected chi connectivity index (χ4v) is 6.71. The van der Waals surface area contributed by atoms with E-state index in [4.69, 9.17) is 4.74 Å². The Bertz CT molecular complexity index is 1370. The zero-order valence-corrected chi connectivity index (χ0v) is 29.4. The number of nitrogens with zero attached hydrogens (tertiary/aromatic N) is 3. The van der Waals surface area contributed by atoms with Gasteiger partial charge in [-0.25, -0.2) is 0 Å². The van der Waals surface area contributed by atoms with Crippen LogP contribution in [0.2, 0.25) is 0 Å². The molecule has 49 heavy (non-hydrogen) atoms. The molecule has 11 heteroatoms. The molecule has 268 valence electrons. The molecule has 0 radical (unpaired) electrons. The van der Waals surface area contributed by atoms with E-state index in [1.807, 2.05) is 26.0 Å². The van der Waals surface area contributed by atoms with Crippen LogP contribution in [0.4, 0.5) is 0 Å². The predicted octanol–water partition coefficient (Wildman–Crippen LogP) is 4.28. The van der Waals surface area contributed by atoms with Crippen molar-refractivity contribution in [3.05, 3.63) is 59.9 Å². The number of nitrogens with one attached hydrogen (secondary N) is 2. The van der Waals surface area contributed by atoms with Crippen LogP contribution in [0.15, 0.2) is 48.8 Å². The number of pyridine rings is 1. The molecule has 1 fully saturated rings. The van der Waals surface area contributed by atoms with Gasteiger partial charge < -0.3 is 30.3 Å². The number of hydrogen-bond donors (Lipinski definition) is 3. The SMILES string of the molecule is CC(C)C[C@H]1NC(=O)c2ccccc2OCCCCCCCCCCCNC(=O)[C@H](Cc2cccnc2)N(C)C(=O)[C@H]2C[C@H](O)CN2C1=O. The number of carbonyl (C=O) groups is 4. The van der Waals surface area contributed by atoms with Crippen molar-refractivity contribution < 1.29 is 29.0 Å². The molecule has 0 unspecified atom stereocenters. The first-order chi connectivity index (χ1) is 23.7. The quantitative estimate of drug-likeness (QED) is 0.439. The number of aliphatic hydroxyl groups excluding tert-OH is 1. The molecular weight excluding hydrogens is 622 g/mol. The van der Waals surface area contributed by atoms with Crippen LogP contribution in [0.25, 0.3) is 0 Å². The van der Waals surface area contributed by atoms with E-state index in [1.165, 1.54) is 16.2 Å². The molecule has 2 aliphatic heterocycles. The van der Waals surface area contributed by atoms with Crippen LogP contribution in [0, 0.1) is 5.92 Å². The second-order valence-corrected chi connectivity index (χ2v) is 13.9. The van der Waals surface area contributed by atoms with Crippen molar-refractivity contribution in [2.24, 2.45) is 5.92 Å². The van der Waals surface area contributed by atoms with E-state index in [1.54, 1.807) is 43.7 Å². The lowest BCUT2D eigenvalue weighted by Gasteiger charge is -2.34. The third-order valence-electron chi connectivity index (χ3n) is 9.44. The molecule has 0 saturated carbocycles. The number of hydrogen-bond acceptors (Lipinski definition) is 7. The van der Waals surface area contributed by atoms with Crippen molar-refractivity contribution >= 4 is 23.6 Å². The van der Waals surface area contributed by atoms with Crippen LogP contribution in [-0.4, -0.2) is 94.5 Å². The maximum absolute atomic E-state index is 14.2. The number of aliphatic hydroxyl groups is 1. The Hall–Kier alpha value is -3.99. The third-order valence-corrected chi connectivity index (χ3v) is 9.44. The molecule has 0 aliphatic carbocycles. The van der Waals surface area contributed by atoms with Crippen LogP contribution >= 0.6 is 0 Å². The normalized spacial score (nSPS) is 24.6. The summed E-state index contributed by atoms with van der Waals surface area (Å²) in [4.78, 5) is 62.6. The zero-order valence-electron chi connectivity index (χ0n) is 29.4. The molecule has 1 aromatic carbocycles. The van der Waals surface area contributed by atoms with E-state index < -0.39 is 42.0 Å². The number of likely N-dealkylation sites (N-methyl/N-ethyl adjacent to an activating group) is 1. The monoisotopic (exact) mass is 677 g/mol. The van der Waals surface area contributed by atoms with Gasteiger partial charge in [0, 0.05) is 45.4 Å². The van der Waals surface area contributed by atoms with Crippen LogP contribution in [-0.2, 0) is 20.8 Å². The van der Waals surface area contributed by atoms with Gasteiger partial charge in [0.25, 0.3) is 5.91 Å². The van der Waals surface area contributed by atoms with Crippen molar-refractivity contribution in [2.45, 2.75) is 115 Å². The Morgan fingerprint density at radius 3 is 2.31 bits per heavy atom. The fraction of sp³-hybridized carbons (Fsp3) is 0.605. The summed E-state index contributed by atoms with van der Waals surface area (Å²) in [5, 5.41) is 16.7. The molecular formula is C38H55N5O6. The molecule has 2 aromatic rings. The molecule has 1 aromatic heterocycles. The Morgan fingerprint density at radius 1 is 0.918 bits per heavy atom. The summed E-state index contributed by atoms with van der Waals surface area (Å²) in [6.45, 7) is 4.88. The number of carbonyl (C=O) groups excluding carboxylic acids is 4. The van der Waals surface area contributed by atoms with E-state index in [0.29, 0.717) is 30.9 Å². The van der Waals surface area contributed by atoms with Gasteiger partial charge in [0.1, 0.15) is 23.9 Å². The summed E-state index contributed by atoms with van der Waals surface area (Å²) in [6, 6.07) is 7.91. The van der Waals surface area contributed by atoms with E-state index in [0.717, 1.165) is 56.9 Å². The highest BCUT2D eigenvalue weighted by Gasteiger charge is 2.44. The number of para-hydroxylation sites is 1. The Labute approximate surface area is 291 Å². The lowest BCUT2D eigenvalue weighted by molar-refractivity contribution is -0.147. The second kappa shape index (κ2) is 19.3. The maximum atomic E-state index is 14.2. The predicted molar refractivity (Wildman–Crippen MR) is 188 cm³/mol. The molecule has 4 atom stereocenters. The van der Waals surface area contributed by atoms with Gasteiger partial charge in [-0.15, -0.1) is 0 Å². The van der Waals surface area contributed by atoms with Gasteiger partial charge in [-0.2, -0.15) is 0 Å². The lowest BCUT2D eigenvalue weighted by atomic mass is 10.0. The van der Waals surface area contributed by atoms with Crippen LogP contribution in [0.1, 0.15) is 100 Å². The Balaban J connectivity index is 1.60. The largest absolute Gasteiger partial charge is 0.493 e. The van der Waals surface area contributed by atoms with Gasteiger partial charge >= 0.3 is 0 Å². The molecule has 4 amide bonds. The van der Waals surface area contributed by atoms with Gasteiger partial charge in [-0.3, -0.25) is 24.2 Å². The average Bonchev–Trinajstić information content (AvgIpc) is 3.49. The van der Waals surface area contributed by atoms with Crippen molar-refractivity contribution in [3.8, 4) is 5.75 Å². The first kappa shape index (κ1) is 37.8. The van der Waals surface area contributed by atoms with Gasteiger partial charge in [-0.1, -0.05) is 77.0 Å². The molecule has 3 N–H and O–H groups in total. The van der Waals surface area contributed by atoms with Gasteiger partial charge in [0.2, 0.25) is 17.7 Å². The van der Waals surface area contributed by atoms with Crippen LogP contribution in [0.3, 0.4) is 0 Å². The first-order valence-electron chi connectivity index (χ1n) is 18.1. The lowest BCUT2D eigenvalue weighted by Crippen LogP contribution is -2.57. The van der Waals surface area contributed by atoms with Crippen molar-refractivity contribution in [2.75, 3.05) is 26.7 Å². The highest BCUT2D eigenvalue weighted by atomic mass is 16.5. The topological polar surface area (TPSA) is 141 Å². The number of rotatable bonds is 4. The highest BCUT2D eigenvalue weighted by Crippen LogP contribution is 2.25. The molecule has 0 bridgehead atoms. The van der Waals surface area contributed by atoms with E-state index >= 15 is 0 Å². The minimum atomic E-state index is -0.992. The Morgan fingerprint density at radius 2 is 1.61 bits per heavy atom.